The van der Waals surface area contributed by atoms with E-state index in [2.05, 4.69) is 0 Å². The van der Waals surface area contributed by atoms with Crippen molar-refractivity contribution in [3.63, 3.8) is 0 Å². The maximum Gasteiger partial charge on any atom is 0.164 e. The monoisotopic (exact) mass is 238 g/mol. The third kappa shape index (κ3) is 2.48. The van der Waals surface area contributed by atoms with Gasteiger partial charge in [0.25, 0.3) is 0 Å². The summed E-state index contributed by atoms with van der Waals surface area (Å²) in [6.45, 7) is 1.46. The number of rotatable bonds is 3. The van der Waals surface area contributed by atoms with E-state index < -0.39 is 0 Å². The van der Waals surface area contributed by atoms with Crippen molar-refractivity contribution < 1.29 is 9.90 Å². The van der Waals surface area contributed by atoms with Crippen LogP contribution in [-0.4, -0.2) is 10.9 Å². The number of allylic oxidation sites excluding steroid dienone is 1. The molecule has 0 aliphatic rings. The van der Waals surface area contributed by atoms with Crippen LogP contribution in [0.15, 0.2) is 60.7 Å². The number of hydrogen-bond acceptors (Lipinski definition) is 2. The van der Waals surface area contributed by atoms with Crippen LogP contribution >= 0.6 is 0 Å². The minimum atomic E-state index is -0.150. The number of aliphatic hydroxyl groups is 1. The molecule has 0 spiro atoms. The van der Waals surface area contributed by atoms with Crippen LogP contribution in [0.25, 0.3) is 11.3 Å². The van der Waals surface area contributed by atoms with E-state index in [1.165, 1.54) is 6.92 Å². The van der Waals surface area contributed by atoms with Crippen molar-refractivity contribution in [2.45, 2.75) is 6.92 Å². The van der Waals surface area contributed by atoms with Crippen LogP contribution in [-0.2, 0) is 4.79 Å². The highest BCUT2D eigenvalue weighted by atomic mass is 16.3. The SMILES string of the molecule is CC(=O)/C(=C(\O)c1ccccc1)c1ccccc1. The fourth-order valence-electron chi connectivity index (χ4n) is 1.85. The van der Waals surface area contributed by atoms with E-state index in [0.29, 0.717) is 11.1 Å². The Morgan fingerprint density at radius 2 is 1.28 bits per heavy atom. The molecular weight excluding hydrogens is 224 g/mol. The minimum Gasteiger partial charge on any atom is -0.507 e. The molecule has 0 saturated carbocycles. The summed E-state index contributed by atoms with van der Waals surface area (Å²) in [6.07, 6.45) is 0. The van der Waals surface area contributed by atoms with E-state index >= 15 is 0 Å². The van der Waals surface area contributed by atoms with Crippen LogP contribution in [0, 0.1) is 0 Å². The maximum atomic E-state index is 11.7. The molecule has 0 unspecified atom stereocenters. The van der Waals surface area contributed by atoms with Gasteiger partial charge in [-0.3, -0.25) is 4.79 Å². The summed E-state index contributed by atoms with van der Waals surface area (Å²) in [5.74, 6) is -0.128. The quantitative estimate of drug-likeness (QED) is 0.503. The van der Waals surface area contributed by atoms with Gasteiger partial charge in [0.2, 0.25) is 0 Å². The van der Waals surface area contributed by atoms with Crippen LogP contribution in [0.1, 0.15) is 18.1 Å². The summed E-state index contributed by atoms with van der Waals surface area (Å²) in [4.78, 5) is 11.7. The molecule has 0 fully saturated rings. The Hall–Kier alpha value is -2.35. The van der Waals surface area contributed by atoms with Crippen molar-refractivity contribution >= 4 is 17.1 Å². The van der Waals surface area contributed by atoms with Gasteiger partial charge in [0, 0.05) is 5.56 Å². The lowest BCUT2D eigenvalue weighted by Crippen LogP contribution is -2.00. The molecule has 0 atom stereocenters. The van der Waals surface area contributed by atoms with Gasteiger partial charge in [-0.15, -0.1) is 0 Å². The number of Topliss-reactive ketones (excluding diaryl/α,β-unsaturated/α-hetero) is 1. The van der Waals surface area contributed by atoms with Crippen LogP contribution in [0.5, 0.6) is 0 Å². The Labute approximate surface area is 106 Å². The van der Waals surface area contributed by atoms with E-state index in [0.717, 1.165) is 5.56 Å². The van der Waals surface area contributed by atoms with Gasteiger partial charge in [-0.1, -0.05) is 60.7 Å². The first-order valence-corrected chi connectivity index (χ1v) is 5.75. The van der Waals surface area contributed by atoms with E-state index in [4.69, 9.17) is 0 Å². The van der Waals surface area contributed by atoms with Crippen LogP contribution in [0.4, 0.5) is 0 Å². The Morgan fingerprint density at radius 1 is 0.833 bits per heavy atom. The number of aliphatic hydroxyl groups excluding tert-OH is 1. The Kier molecular flexibility index (Phi) is 3.58. The van der Waals surface area contributed by atoms with Gasteiger partial charge in [-0.05, 0) is 12.5 Å². The summed E-state index contributed by atoms with van der Waals surface area (Å²) in [7, 11) is 0. The number of benzene rings is 2. The molecule has 2 heteroatoms. The van der Waals surface area contributed by atoms with Gasteiger partial charge >= 0.3 is 0 Å². The molecule has 0 heterocycles. The Bertz CT molecular complexity index is 569. The first-order valence-electron chi connectivity index (χ1n) is 5.75. The number of carbonyl (C=O) groups is 1. The molecule has 2 aromatic carbocycles. The molecule has 90 valence electrons. The topological polar surface area (TPSA) is 37.3 Å². The third-order valence-corrected chi connectivity index (χ3v) is 2.70. The molecule has 2 nitrogen and oxygen atoms in total. The van der Waals surface area contributed by atoms with Crippen molar-refractivity contribution in [2.75, 3.05) is 0 Å². The highest BCUT2D eigenvalue weighted by Gasteiger charge is 2.14. The predicted octanol–water partition coefficient (Wildman–Crippen LogP) is 3.70. The molecule has 2 aromatic rings. The molecule has 0 saturated heterocycles. The normalized spacial score (nSPS) is 11.8. The lowest BCUT2D eigenvalue weighted by Gasteiger charge is -2.08. The highest BCUT2D eigenvalue weighted by molar-refractivity contribution is 6.25. The van der Waals surface area contributed by atoms with Gasteiger partial charge in [0.1, 0.15) is 5.76 Å². The molecule has 0 aromatic heterocycles. The van der Waals surface area contributed by atoms with E-state index in [9.17, 15) is 9.90 Å². The number of ketones is 1. The second kappa shape index (κ2) is 5.32. The van der Waals surface area contributed by atoms with E-state index in [1.807, 2.05) is 48.5 Å². The minimum absolute atomic E-state index is 0.0225. The molecule has 0 amide bonds. The zero-order chi connectivity index (χ0) is 13.0. The maximum absolute atomic E-state index is 11.7. The second-order valence-corrected chi connectivity index (χ2v) is 4.01. The van der Waals surface area contributed by atoms with Gasteiger partial charge < -0.3 is 5.11 Å². The smallest absolute Gasteiger partial charge is 0.164 e. The largest absolute Gasteiger partial charge is 0.507 e. The van der Waals surface area contributed by atoms with Crippen molar-refractivity contribution in [1.29, 1.82) is 0 Å². The molecule has 18 heavy (non-hydrogen) atoms. The van der Waals surface area contributed by atoms with Crippen LogP contribution in [0.3, 0.4) is 0 Å². The standard InChI is InChI=1S/C16H14O2/c1-12(17)15(13-8-4-2-5-9-13)16(18)14-10-6-3-7-11-14/h2-11,18H,1H3/b16-15+. The summed E-state index contributed by atoms with van der Waals surface area (Å²) in [5.41, 5.74) is 1.72. The highest BCUT2D eigenvalue weighted by Crippen LogP contribution is 2.24. The fourth-order valence-corrected chi connectivity index (χ4v) is 1.85. The van der Waals surface area contributed by atoms with Gasteiger partial charge in [-0.2, -0.15) is 0 Å². The molecule has 0 radical (unpaired) electrons. The van der Waals surface area contributed by atoms with Crippen molar-refractivity contribution in [3.8, 4) is 0 Å². The van der Waals surface area contributed by atoms with Crippen molar-refractivity contribution in [3.05, 3.63) is 71.8 Å². The third-order valence-electron chi connectivity index (χ3n) is 2.70. The van der Waals surface area contributed by atoms with Gasteiger partial charge in [0.05, 0.1) is 5.57 Å². The van der Waals surface area contributed by atoms with Crippen LogP contribution < -0.4 is 0 Å². The molecule has 2 rings (SSSR count). The molecule has 0 aliphatic heterocycles. The average molecular weight is 238 g/mol. The summed E-state index contributed by atoms with van der Waals surface area (Å²) in [6, 6.07) is 18.3. The molecular formula is C16H14O2. The molecule has 0 aliphatic carbocycles. The predicted molar refractivity (Wildman–Crippen MR) is 73.0 cm³/mol. The zero-order valence-electron chi connectivity index (χ0n) is 10.1. The van der Waals surface area contributed by atoms with Crippen LogP contribution in [0.2, 0.25) is 0 Å². The molecule has 1 N–H and O–H groups in total. The number of hydrogen-bond donors (Lipinski definition) is 1. The first kappa shape index (κ1) is 12.1. The fraction of sp³-hybridized carbons (Fsp3) is 0.0625. The summed E-state index contributed by atoms with van der Waals surface area (Å²) < 4.78 is 0. The molecule has 0 bridgehead atoms. The Balaban J connectivity index is 2.58. The second-order valence-electron chi connectivity index (χ2n) is 4.01. The average Bonchev–Trinajstić information content (AvgIpc) is 2.40. The van der Waals surface area contributed by atoms with Crippen molar-refractivity contribution in [1.82, 2.24) is 0 Å². The van der Waals surface area contributed by atoms with E-state index in [-0.39, 0.29) is 11.5 Å². The first-order chi connectivity index (χ1) is 8.70. The lowest BCUT2D eigenvalue weighted by molar-refractivity contribution is -0.111. The number of carbonyl (C=O) groups excluding carboxylic acids is 1. The Morgan fingerprint density at radius 3 is 1.72 bits per heavy atom. The summed E-state index contributed by atoms with van der Waals surface area (Å²) >= 11 is 0. The van der Waals surface area contributed by atoms with E-state index in [1.54, 1.807) is 12.1 Å². The lowest BCUT2D eigenvalue weighted by atomic mass is 9.98. The summed E-state index contributed by atoms with van der Waals surface area (Å²) in [5, 5.41) is 10.3. The van der Waals surface area contributed by atoms with Gasteiger partial charge in [-0.25, -0.2) is 0 Å². The van der Waals surface area contributed by atoms with Crippen molar-refractivity contribution in [2.24, 2.45) is 0 Å². The van der Waals surface area contributed by atoms with Gasteiger partial charge in [0.15, 0.2) is 5.78 Å². The zero-order valence-corrected chi connectivity index (χ0v) is 10.1.